The molecule has 1 N–H and O–H groups in total. The van der Waals surface area contributed by atoms with Gasteiger partial charge in [0.15, 0.2) is 0 Å². The largest absolute Gasteiger partial charge is 0.573 e. The fraction of sp³-hybridized carbons (Fsp3) is 0.143. The van der Waals surface area contributed by atoms with Crippen molar-refractivity contribution in [2.24, 2.45) is 0 Å². The summed E-state index contributed by atoms with van der Waals surface area (Å²) in [6, 6.07) is 6.72. The molecule has 0 aromatic heterocycles. The van der Waals surface area contributed by atoms with Crippen LogP contribution in [0.1, 0.15) is 5.56 Å². The third-order valence-electron chi connectivity index (χ3n) is 2.81. The van der Waals surface area contributed by atoms with Crippen LogP contribution in [0, 0.1) is 0 Å². The van der Waals surface area contributed by atoms with Gasteiger partial charge in [0.05, 0.1) is 10.5 Å². The van der Waals surface area contributed by atoms with Crippen LogP contribution >= 0.6 is 0 Å². The molecule has 0 radical (unpaired) electrons. The van der Waals surface area contributed by atoms with Crippen molar-refractivity contribution in [1.82, 2.24) is 0 Å². The minimum Gasteiger partial charge on any atom is -0.406 e. The van der Waals surface area contributed by atoms with E-state index in [9.17, 15) is 34.8 Å². The lowest BCUT2D eigenvalue weighted by atomic mass is 10.2. The van der Waals surface area contributed by atoms with E-state index in [1.807, 2.05) is 4.72 Å². The van der Waals surface area contributed by atoms with Crippen LogP contribution in [0.3, 0.4) is 0 Å². The first-order chi connectivity index (χ1) is 11.4. The summed E-state index contributed by atoms with van der Waals surface area (Å²) in [5.41, 5.74) is -1.30. The standard InChI is InChI=1S/C14H9F6NO3S/c15-13(16,17)9-2-1-3-12(8-9)25(22,23)21-10-4-6-11(7-5-10)24-14(18,19)20/h1-8,21H. The molecule has 0 amide bonds. The van der Waals surface area contributed by atoms with Gasteiger partial charge in [0.25, 0.3) is 10.0 Å². The van der Waals surface area contributed by atoms with E-state index in [0.717, 1.165) is 36.4 Å². The Kier molecular flexibility index (Phi) is 4.89. The highest BCUT2D eigenvalue weighted by Gasteiger charge is 2.32. The first kappa shape index (κ1) is 18.9. The van der Waals surface area contributed by atoms with Crippen molar-refractivity contribution in [3.63, 3.8) is 0 Å². The number of sulfonamides is 1. The summed E-state index contributed by atoms with van der Waals surface area (Å²) in [4.78, 5) is -0.641. The molecule has 0 fully saturated rings. The van der Waals surface area contributed by atoms with Crippen LogP contribution < -0.4 is 9.46 Å². The smallest absolute Gasteiger partial charge is 0.406 e. The second-order valence-electron chi connectivity index (χ2n) is 4.70. The second-order valence-corrected chi connectivity index (χ2v) is 6.39. The average molecular weight is 385 g/mol. The highest BCUT2D eigenvalue weighted by atomic mass is 32.2. The van der Waals surface area contributed by atoms with E-state index < -0.39 is 38.8 Å². The van der Waals surface area contributed by atoms with Gasteiger partial charge in [0, 0.05) is 5.69 Å². The lowest BCUT2D eigenvalue weighted by Gasteiger charge is -2.12. The molecule has 0 aliphatic heterocycles. The van der Waals surface area contributed by atoms with E-state index in [-0.39, 0.29) is 5.69 Å². The first-order valence-corrected chi connectivity index (χ1v) is 7.91. The van der Waals surface area contributed by atoms with Crippen molar-refractivity contribution in [1.29, 1.82) is 0 Å². The molecule has 0 atom stereocenters. The molecular weight excluding hydrogens is 376 g/mol. The number of hydrogen-bond acceptors (Lipinski definition) is 3. The number of hydrogen-bond donors (Lipinski definition) is 1. The molecule has 0 saturated heterocycles. The Morgan fingerprint density at radius 1 is 0.880 bits per heavy atom. The topological polar surface area (TPSA) is 55.4 Å². The molecule has 4 nitrogen and oxygen atoms in total. The Balaban J connectivity index is 2.22. The van der Waals surface area contributed by atoms with Crippen LogP contribution in [-0.4, -0.2) is 14.8 Å². The van der Waals surface area contributed by atoms with Crippen LogP contribution in [0.25, 0.3) is 0 Å². The average Bonchev–Trinajstić information content (AvgIpc) is 2.47. The van der Waals surface area contributed by atoms with Crippen LogP contribution in [0.4, 0.5) is 32.0 Å². The Morgan fingerprint density at radius 2 is 1.48 bits per heavy atom. The lowest BCUT2D eigenvalue weighted by molar-refractivity contribution is -0.274. The number of anilines is 1. The minimum absolute atomic E-state index is 0.146. The minimum atomic E-state index is -4.90. The molecule has 0 saturated carbocycles. The van der Waals surface area contributed by atoms with Gasteiger partial charge < -0.3 is 4.74 Å². The SMILES string of the molecule is O=S(=O)(Nc1ccc(OC(F)(F)F)cc1)c1cccc(C(F)(F)F)c1. The summed E-state index contributed by atoms with van der Waals surface area (Å²) in [5, 5.41) is 0. The van der Waals surface area contributed by atoms with E-state index in [1.54, 1.807) is 0 Å². The number of rotatable bonds is 4. The molecule has 0 spiro atoms. The van der Waals surface area contributed by atoms with Crippen molar-refractivity contribution in [2.75, 3.05) is 4.72 Å². The molecule has 25 heavy (non-hydrogen) atoms. The van der Waals surface area contributed by atoms with Crippen LogP contribution in [0.2, 0.25) is 0 Å². The number of halogens is 6. The summed E-state index contributed by atoms with van der Waals surface area (Å²) in [5.74, 6) is -0.575. The van der Waals surface area contributed by atoms with Crippen molar-refractivity contribution < 1.29 is 39.5 Å². The number of ether oxygens (including phenoxy) is 1. The monoisotopic (exact) mass is 385 g/mol. The number of alkyl halides is 6. The van der Waals surface area contributed by atoms with Gasteiger partial charge in [-0.2, -0.15) is 13.2 Å². The number of nitrogens with one attached hydrogen (secondary N) is 1. The maximum atomic E-state index is 12.6. The summed E-state index contributed by atoms with van der Waals surface area (Å²) in [7, 11) is -4.36. The quantitative estimate of drug-likeness (QED) is 0.794. The molecule has 2 rings (SSSR count). The van der Waals surface area contributed by atoms with Gasteiger partial charge >= 0.3 is 12.5 Å². The zero-order valence-electron chi connectivity index (χ0n) is 12.0. The molecule has 136 valence electrons. The van der Waals surface area contributed by atoms with Gasteiger partial charge in [0.1, 0.15) is 5.75 Å². The van der Waals surface area contributed by atoms with Crippen molar-refractivity contribution >= 4 is 15.7 Å². The Bertz CT molecular complexity index is 844. The molecule has 0 aliphatic carbocycles. The fourth-order valence-electron chi connectivity index (χ4n) is 1.78. The zero-order valence-corrected chi connectivity index (χ0v) is 12.8. The van der Waals surface area contributed by atoms with E-state index >= 15 is 0 Å². The van der Waals surface area contributed by atoms with Gasteiger partial charge in [-0.05, 0) is 42.5 Å². The van der Waals surface area contributed by atoms with Crippen LogP contribution in [0.15, 0.2) is 53.4 Å². The van der Waals surface area contributed by atoms with Gasteiger partial charge in [-0.3, -0.25) is 4.72 Å². The second kappa shape index (κ2) is 6.47. The Hall–Kier alpha value is -2.43. The molecule has 11 heteroatoms. The molecule has 0 bridgehead atoms. The van der Waals surface area contributed by atoms with E-state index in [1.165, 1.54) is 0 Å². The predicted molar refractivity (Wildman–Crippen MR) is 75.4 cm³/mol. The summed E-state index contributed by atoms with van der Waals surface area (Å²) >= 11 is 0. The normalized spacial score (nSPS) is 12.7. The predicted octanol–water partition coefficient (Wildman–Crippen LogP) is 4.40. The van der Waals surface area contributed by atoms with Crippen LogP contribution in [-0.2, 0) is 16.2 Å². The van der Waals surface area contributed by atoms with Crippen molar-refractivity contribution in [3.05, 3.63) is 54.1 Å². The highest BCUT2D eigenvalue weighted by Crippen LogP contribution is 2.31. The first-order valence-electron chi connectivity index (χ1n) is 6.43. The van der Waals surface area contributed by atoms with Crippen LogP contribution in [0.5, 0.6) is 5.75 Å². The molecule has 2 aromatic carbocycles. The third kappa shape index (κ3) is 5.28. The summed E-state index contributed by atoms with van der Waals surface area (Å²) in [6.07, 6.45) is -9.62. The van der Waals surface area contributed by atoms with E-state index in [2.05, 4.69) is 4.74 Å². The molecule has 0 heterocycles. The van der Waals surface area contributed by atoms with Gasteiger partial charge in [-0.15, -0.1) is 13.2 Å². The van der Waals surface area contributed by atoms with Gasteiger partial charge in [-0.25, -0.2) is 8.42 Å². The maximum absolute atomic E-state index is 12.6. The fourth-order valence-corrected chi connectivity index (χ4v) is 2.88. The summed E-state index contributed by atoms with van der Waals surface area (Å²) in [6.45, 7) is 0. The maximum Gasteiger partial charge on any atom is 0.573 e. The third-order valence-corrected chi connectivity index (χ3v) is 4.19. The van der Waals surface area contributed by atoms with Crippen molar-refractivity contribution in [3.8, 4) is 5.75 Å². The Labute approximate surface area is 138 Å². The number of benzene rings is 2. The molecule has 0 unspecified atom stereocenters. The lowest BCUT2D eigenvalue weighted by Crippen LogP contribution is -2.17. The van der Waals surface area contributed by atoms with E-state index in [0.29, 0.717) is 12.1 Å². The Morgan fingerprint density at radius 3 is 2.00 bits per heavy atom. The van der Waals surface area contributed by atoms with Gasteiger partial charge in [-0.1, -0.05) is 6.07 Å². The molecule has 2 aromatic rings. The highest BCUT2D eigenvalue weighted by molar-refractivity contribution is 7.92. The van der Waals surface area contributed by atoms with Gasteiger partial charge in [0.2, 0.25) is 0 Å². The molecule has 0 aliphatic rings. The zero-order chi connectivity index (χ0) is 18.9. The van der Waals surface area contributed by atoms with E-state index in [4.69, 9.17) is 0 Å². The van der Waals surface area contributed by atoms with Crippen molar-refractivity contribution in [2.45, 2.75) is 17.4 Å². The summed E-state index contributed by atoms with van der Waals surface area (Å²) < 4.78 is 104. The molecular formula is C14H9F6NO3S.